The summed E-state index contributed by atoms with van der Waals surface area (Å²) in [5, 5.41) is 14.4. The normalized spacial score (nSPS) is 11.6. The summed E-state index contributed by atoms with van der Waals surface area (Å²) in [6, 6.07) is 7.77. The quantitative estimate of drug-likeness (QED) is 0.499. The molecule has 1 N–H and O–H groups in total. The van der Waals surface area contributed by atoms with E-state index >= 15 is 0 Å². The fourth-order valence-electron chi connectivity index (χ4n) is 2.75. The molecule has 0 aliphatic rings. The van der Waals surface area contributed by atoms with Crippen molar-refractivity contribution in [3.8, 4) is 17.2 Å². The third kappa shape index (κ3) is 4.63. The van der Waals surface area contributed by atoms with Gasteiger partial charge in [0, 0.05) is 11.8 Å². The number of hydrogen-bond acceptors (Lipinski definition) is 7. The molecule has 0 saturated carbocycles. The van der Waals surface area contributed by atoms with Crippen molar-refractivity contribution in [2.75, 3.05) is 6.61 Å². The maximum absolute atomic E-state index is 12.7. The van der Waals surface area contributed by atoms with E-state index in [0.717, 1.165) is 12.1 Å². The molecule has 0 unspecified atom stereocenters. The number of aryl methyl sites for hydroxylation is 1. The highest BCUT2D eigenvalue weighted by molar-refractivity contribution is 5.77. The first kappa shape index (κ1) is 20.3. The molecule has 0 aliphatic carbocycles. The van der Waals surface area contributed by atoms with Gasteiger partial charge in [-0.05, 0) is 37.3 Å². The van der Waals surface area contributed by atoms with Crippen molar-refractivity contribution in [2.45, 2.75) is 19.6 Å². The fourth-order valence-corrected chi connectivity index (χ4v) is 2.75. The Kier molecular flexibility index (Phi) is 5.28. The van der Waals surface area contributed by atoms with Crippen molar-refractivity contribution in [2.24, 2.45) is 0 Å². The van der Waals surface area contributed by atoms with Crippen molar-refractivity contribution in [3.63, 3.8) is 0 Å². The number of carbonyl (C=O) groups is 1. The van der Waals surface area contributed by atoms with Crippen molar-refractivity contribution in [1.82, 2.24) is 30.1 Å². The number of amides is 1. The summed E-state index contributed by atoms with van der Waals surface area (Å²) < 4.78 is 50.1. The first-order valence-electron chi connectivity index (χ1n) is 9.01. The van der Waals surface area contributed by atoms with Gasteiger partial charge in [-0.1, -0.05) is 11.2 Å². The number of fused-ring (bicyclic) bond motifs is 1. The van der Waals surface area contributed by atoms with Gasteiger partial charge in [0.25, 0.3) is 11.8 Å². The van der Waals surface area contributed by atoms with E-state index in [1.54, 1.807) is 29.7 Å². The Morgan fingerprint density at radius 2 is 2.06 bits per heavy atom. The number of aromatic nitrogens is 5. The summed E-state index contributed by atoms with van der Waals surface area (Å²) in [5.41, 5.74) is 0.332. The topological polar surface area (TPSA) is 107 Å². The predicted octanol–water partition coefficient (Wildman–Crippen LogP) is 2.80. The van der Waals surface area contributed by atoms with Crippen LogP contribution >= 0.6 is 0 Å². The number of rotatable bonds is 6. The van der Waals surface area contributed by atoms with Crippen LogP contribution < -0.4 is 10.1 Å². The van der Waals surface area contributed by atoms with Crippen LogP contribution in [0, 0.1) is 6.92 Å². The number of carbonyl (C=O) groups excluding carboxylic acids is 1. The van der Waals surface area contributed by atoms with E-state index in [-0.39, 0.29) is 12.3 Å². The van der Waals surface area contributed by atoms with E-state index in [1.807, 2.05) is 0 Å². The van der Waals surface area contributed by atoms with Gasteiger partial charge in [-0.3, -0.25) is 9.20 Å². The summed E-state index contributed by atoms with van der Waals surface area (Å²) in [4.78, 5) is 16.2. The third-order valence-corrected chi connectivity index (χ3v) is 4.23. The first-order chi connectivity index (χ1) is 14.8. The lowest BCUT2D eigenvalue weighted by atomic mass is 10.2. The summed E-state index contributed by atoms with van der Waals surface area (Å²) in [6.07, 6.45) is -2.79. The van der Waals surface area contributed by atoms with Gasteiger partial charge in [-0.15, -0.1) is 10.2 Å². The van der Waals surface area contributed by atoms with E-state index in [2.05, 4.69) is 25.7 Å². The standard InChI is InChI=1S/C19H15F3N6O3/c1-11-24-18(31-27-11)12-5-6-28-15(7-12)25-26-16(28)9-23-17(29)10-30-14-4-2-3-13(8-14)19(20,21)22/h2-8H,9-10H2,1H3,(H,23,29). The summed E-state index contributed by atoms with van der Waals surface area (Å²) in [6.45, 7) is 1.31. The van der Waals surface area contributed by atoms with Crippen molar-refractivity contribution < 1.29 is 27.2 Å². The van der Waals surface area contributed by atoms with Crippen LogP contribution in [0.1, 0.15) is 17.2 Å². The molecule has 3 aromatic heterocycles. The average Bonchev–Trinajstić information content (AvgIpc) is 3.36. The minimum absolute atomic E-state index is 0.0466. The Bertz CT molecular complexity index is 1230. The number of nitrogens with one attached hydrogen (secondary N) is 1. The second kappa shape index (κ2) is 8.05. The lowest BCUT2D eigenvalue weighted by Crippen LogP contribution is -2.29. The van der Waals surface area contributed by atoms with Gasteiger partial charge in [-0.2, -0.15) is 18.2 Å². The average molecular weight is 432 g/mol. The van der Waals surface area contributed by atoms with Crippen molar-refractivity contribution in [1.29, 1.82) is 0 Å². The second-order valence-electron chi connectivity index (χ2n) is 6.50. The zero-order valence-corrected chi connectivity index (χ0v) is 16.1. The van der Waals surface area contributed by atoms with Crippen LogP contribution in [0.25, 0.3) is 17.1 Å². The summed E-state index contributed by atoms with van der Waals surface area (Å²) in [5.74, 6) is 0.737. The van der Waals surface area contributed by atoms with E-state index in [4.69, 9.17) is 9.26 Å². The molecule has 4 rings (SSSR count). The number of ether oxygens (including phenoxy) is 1. The minimum atomic E-state index is -4.49. The molecule has 0 fully saturated rings. The smallest absolute Gasteiger partial charge is 0.416 e. The SMILES string of the molecule is Cc1noc(-c2ccn3c(CNC(=O)COc4cccc(C(F)(F)F)c4)nnc3c2)n1. The molecule has 0 bridgehead atoms. The fraction of sp³-hybridized carbons (Fsp3) is 0.211. The van der Waals surface area contributed by atoms with Gasteiger partial charge in [0.05, 0.1) is 12.1 Å². The molecule has 3 heterocycles. The molecule has 31 heavy (non-hydrogen) atoms. The van der Waals surface area contributed by atoms with Crippen LogP contribution in [0.15, 0.2) is 47.1 Å². The van der Waals surface area contributed by atoms with Gasteiger partial charge in [-0.25, -0.2) is 0 Å². The molecule has 4 aromatic rings. The highest BCUT2D eigenvalue weighted by Gasteiger charge is 2.30. The molecule has 0 radical (unpaired) electrons. The molecule has 0 saturated heterocycles. The van der Waals surface area contributed by atoms with Crippen molar-refractivity contribution in [3.05, 3.63) is 59.8 Å². The zero-order valence-electron chi connectivity index (χ0n) is 16.1. The molecule has 160 valence electrons. The van der Waals surface area contributed by atoms with Gasteiger partial charge in [0.2, 0.25) is 0 Å². The van der Waals surface area contributed by atoms with Crippen LogP contribution in [0.3, 0.4) is 0 Å². The van der Waals surface area contributed by atoms with E-state index in [1.165, 1.54) is 12.1 Å². The second-order valence-corrected chi connectivity index (χ2v) is 6.50. The number of alkyl halides is 3. The van der Waals surface area contributed by atoms with Gasteiger partial charge >= 0.3 is 6.18 Å². The van der Waals surface area contributed by atoms with Gasteiger partial charge in [0.1, 0.15) is 5.75 Å². The molecule has 9 nitrogen and oxygen atoms in total. The Hall–Kier alpha value is -3.96. The monoisotopic (exact) mass is 432 g/mol. The maximum Gasteiger partial charge on any atom is 0.416 e. The van der Waals surface area contributed by atoms with E-state index in [0.29, 0.717) is 28.8 Å². The van der Waals surface area contributed by atoms with Crippen LogP contribution in [-0.4, -0.2) is 37.3 Å². The molecule has 0 aliphatic heterocycles. The van der Waals surface area contributed by atoms with Crippen LogP contribution in [0.4, 0.5) is 13.2 Å². The number of hydrogen-bond donors (Lipinski definition) is 1. The maximum atomic E-state index is 12.7. The van der Waals surface area contributed by atoms with E-state index < -0.39 is 24.3 Å². The van der Waals surface area contributed by atoms with Crippen LogP contribution in [-0.2, 0) is 17.5 Å². The number of halogens is 3. The summed E-state index contributed by atoms with van der Waals surface area (Å²) >= 11 is 0. The van der Waals surface area contributed by atoms with Crippen LogP contribution in [0.2, 0.25) is 0 Å². The van der Waals surface area contributed by atoms with Gasteiger partial charge in [0.15, 0.2) is 23.9 Å². The molecule has 1 aromatic carbocycles. The molecule has 1 amide bonds. The van der Waals surface area contributed by atoms with Crippen molar-refractivity contribution >= 4 is 11.6 Å². The lowest BCUT2D eigenvalue weighted by Gasteiger charge is -2.10. The molecular weight excluding hydrogens is 417 g/mol. The number of benzene rings is 1. The predicted molar refractivity (Wildman–Crippen MR) is 99.8 cm³/mol. The number of pyridine rings is 1. The highest BCUT2D eigenvalue weighted by atomic mass is 19.4. The van der Waals surface area contributed by atoms with E-state index in [9.17, 15) is 18.0 Å². The Morgan fingerprint density at radius 1 is 1.23 bits per heavy atom. The lowest BCUT2D eigenvalue weighted by molar-refractivity contribution is -0.137. The molecule has 0 atom stereocenters. The van der Waals surface area contributed by atoms with Gasteiger partial charge < -0.3 is 14.6 Å². The zero-order chi connectivity index (χ0) is 22.0. The largest absolute Gasteiger partial charge is 0.484 e. The molecule has 0 spiro atoms. The Balaban J connectivity index is 1.36. The Morgan fingerprint density at radius 3 is 2.81 bits per heavy atom. The summed E-state index contributed by atoms with van der Waals surface area (Å²) in [7, 11) is 0. The highest BCUT2D eigenvalue weighted by Crippen LogP contribution is 2.31. The molecule has 12 heteroatoms. The third-order valence-electron chi connectivity index (χ3n) is 4.23. The van der Waals surface area contributed by atoms with Crippen LogP contribution in [0.5, 0.6) is 5.75 Å². The number of nitrogens with zero attached hydrogens (tertiary/aromatic N) is 5. The Labute approximate surface area is 172 Å². The molecular formula is C19H15F3N6O3. The first-order valence-corrected chi connectivity index (χ1v) is 9.01. The minimum Gasteiger partial charge on any atom is -0.484 e.